The summed E-state index contributed by atoms with van der Waals surface area (Å²) in [6, 6.07) is 5.83. The Bertz CT molecular complexity index is 710. The number of hydrogen-bond donors (Lipinski definition) is 3. The SMILES string of the molecule is CCNC(=NCc1ccc(N2CCC(O)CC2)c(F)c1)NC1CCN(CC(C)C)CC1. The monoisotopic (exact) mass is 433 g/mol. The fourth-order valence-electron chi connectivity index (χ4n) is 4.47. The highest BCUT2D eigenvalue weighted by molar-refractivity contribution is 5.80. The molecule has 2 aliphatic heterocycles. The molecule has 0 amide bonds. The second-order valence-electron chi connectivity index (χ2n) is 9.31. The van der Waals surface area contributed by atoms with Gasteiger partial charge in [-0.2, -0.15) is 0 Å². The molecule has 1 aromatic rings. The molecule has 0 atom stereocenters. The summed E-state index contributed by atoms with van der Waals surface area (Å²) in [7, 11) is 0. The lowest BCUT2D eigenvalue weighted by molar-refractivity contribution is 0.145. The number of piperidine rings is 2. The van der Waals surface area contributed by atoms with Crippen molar-refractivity contribution in [3.05, 3.63) is 29.6 Å². The summed E-state index contributed by atoms with van der Waals surface area (Å²) >= 11 is 0. The predicted octanol–water partition coefficient (Wildman–Crippen LogP) is 2.96. The fourth-order valence-corrected chi connectivity index (χ4v) is 4.47. The number of aliphatic hydroxyl groups excluding tert-OH is 1. The van der Waals surface area contributed by atoms with Crippen molar-refractivity contribution in [1.29, 1.82) is 0 Å². The van der Waals surface area contributed by atoms with Gasteiger partial charge in [0.2, 0.25) is 0 Å². The average Bonchev–Trinajstić information content (AvgIpc) is 2.74. The number of hydrogen-bond acceptors (Lipinski definition) is 4. The molecule has 0 bridgehead atoms. The zero-order chi connectivity index (χ0) is 22.2. The maximum atomic E-state index is 14.7. The molecule has 174 valence electrons. The molecule has 0 aliphatic carbocycles. The quantitative estimate of drug-likeness (QED) is 0.456. The van der Waals surface area contributed by atoms with Gasteiger partial charge in [-0.05, 0) is 56.2 Å². The van der Waals surface area contributed by atoms with E-state index in [1.807, 2.05) is 17.0 Å². The van der Waals surface area contributed by atoms with E-state index in [1.165, 1.54) is 6.54 Å². The summed E-state index contributed by atoms with van der Waals surface area (Å²) in [4.78, 5) is 9.27. The molecule has 2 aliphatic rings. The Hall–Kier alpha value is -1.86. The van der Waals surface area contributed by atoms with Gasteiger partial charge in [-0.15, -0.1) is 0 Å². The number of nitrogens with zero attached hydrogens (tertiary/aromatic N) is 3. The molecule has 1 aromatic carbocycles. The van der Waals surface area contributed by atoms with Gasteiger partial charge in [-0.25, -0.2) is 9.38 Å². The average molecular weight is 434 g/mol. The minimum Gasteiger partial charge on any atom is -0.393 e. The second-order valence-corrected chi connectivity index (χ2v) is 9.31. The zero-order valence-corrected chi connectivity index (χ0v) is 19.4. The van der Waals surface area contributed by atoms with E-state index in [0.29, 0.717) is 50.1 Å². The number of guanidine groups is 1. The normalized spacial score (nSPS) is 19.8. The highest BCUT2D eigenvalue weighted by atomic mass is 19.1. The molecule has 2 fully saturated rings. The van der Waals surface area contributed by atoms with E-state index in [1.54, 1.807) is 6.07 Å². The topological polar surface area (TPSA) is 63.1 Å². The van der Waals surface area contributed by atoms with Gasteiger partial charge in [0.1, 0.15) is 5.82 Å². The molecule has 2 saturated heterocycles. The van der Waals surface area contributed by atoms with Gasteiger partial charge in [0.15, 0.2) is 5.96 Å². The molecule has 0 spiro atoms. The fraction of sp³-hybridized carbons (Fsp3) is 0.708. The smallest absolute Gasteiger partial charge is 0.191 e. The molecule has 0 aromatic heterocycles. The van der Waals surface area contributed by atoms with Crippen molar-refractivity contribution in [2.75, 3.05) is 44.2 Å². The van der Waals surface area contributed by atoms with Crippen LogP contribution in [-0.2, 0) is 6.54 Å². The molecule has 0 saturated carbocycles. The third-order valence-electron chi connectivity index (χ3n) is 6.13. The lowest BCUT2D eigenvalue weighted by atomic mass is 10.0. The van der Waals surface area contributed by atoms with Crippen LogP contribution < -0.4 is 15.5 Å². The van der Waals surface area contributed by atoms with Crippen LogP contribution in [-0.4, -0.2) is 67.4 Å². The van der Waals surface area contributed by atoms with Gasteiger partial charge < -0.3 is 25.5 Å². The van der Waals surface area contributed by atoms with E-state index in [-0.39, 0.29) is 11.9 Å². The molecule has 3 N–H and O–H groups in total. The Kier molecular flexibility index (Phi) is 8.96. The first-order chi connectivity index (χ1) is 14.9. The lowest BCUT2D eigenvalue weighted by Crippen LogP contribution is -2.49. The number of nitrogens with one attached hydrogen (secondary N) is 2. The van der Waals surface area contributed by atoms with Crippen molar-refractivity contribution in [3.63, 3.8) is 0 Å². The summed E-state index contributed by atoms with van der Waals surface area (Å²) in [5.74, 6) is 1.30. The lowest BCUT2D eigenvalue weighted by Gasteiger charge is -2.34. The van der Waals surface area contributed by atoms with Crippen molar-refractivity contribution < 1.29 is 9.50 Å². The number of anilines is 1. The van der Waals surface area contributed by atoms with Crippen molar-refractivity contribution in [2.24, 2.45) is 10.9 Å². The van der Waals surface area contributed by atoms with E-state index in [4.69, 9.17) is 4.99 Å². The van der Waals surface area contributed by atoms with Crippen LogP contribution in [0.2, 0.25) is 0 Å². The van der Waals surface area contributed by atoms with E-state index in [9.17, 15) is 9.50 Å². The number of benzene rings is 1. The van der Waals surface area contributed by atoms with Gasteiger partial charge in [0.25, 0.3) is 0 Å². The second kappa shape index (κ2) is 11.7. The molecule has 6 nitrogen and oxygen atoms in total. The standard InChI is InChI=1S/C24H40FN5O/c1-4-26-24(28-20-7-11-29(12-8-20)17-18(2)3)27-16-19-5-6-23(22(25)15-19)30-13-9-21(31)10-14-30/h5-6,15,18,20-21,31H,4,7-14,16-17H2,1-3H3,(H2,26,27,28). The Morgan fingerprint density at radius 1 is 1.16 bits per heavy atom. The highest BCUT2D eigenvalue weighted by Gasteiger charge is 2.21. The zero-order valence-electron chi connectivity index (χ0n) is 19.4. The van der Waals surface area contributed by atoms with Crippen LogP contribution in [0.25, 0.3) is 0 Å². The van der Waals surface area contributed by atoms with Crippen molar-refractivity contribution >= 4 is 11.6 Å². The molecule has 0 unspecified atom stereocenters. The van der Waals surface area contributed by atoms with Crippen LogP contribution in [0.15, 0.2) is 23.2 Å². The van der Waals surface area contributed by atoms with Crippen molar-refractivity contribution in [1.82, 2.24) is 15.5 Å². The molecule has 7 heteroatoms. The number of likely N-dealkylation sites (tertiary alicyclic amines) is 1. The molecule has 2 heterocycles. The van der Waals surface area contributed by atoms with E-state index in [0.717, 1.165) is 44.0 Å². The maximum Gasteiger partial charge on any atom is 0.191 e. The highest BCUT2D eigenvalue weighted by Crippen LogP contribution is 2.24. The van der Waals surface area contributed by atoms with E-state index < -0.39 is 0 Å². The third kappa shape index (κ3) is 7.35. The minimum absolute atomic E-state index is 0.209. The van der Waals surface area contributed by atoms with Gasteiger partial charge in [0.05, 0.1) is 18.3 Å². The van der Waals surface area contributed by atoms with Gasteiger partial charge in [-0.1, -0.05) is 19.9 Å². The van der Waals surface area contributed by atoms with Crippen molar-refractivity contribution in [3.8, 4) is 0 Å². The van der Waals surface area contributed by atoms with Gasteiger partial charge in [-0.3, -0.25) is 0 Å². The minimum atomic E-state index is -0.257. The summed E-state index contributed by atoms with van der Waals surface area (Å²) in [6.45, 7) is 12.6. The number of rotatable bonds is 7. The molecular formula is C24H40FN5O. The summed E-state index contributed by atoms with van der Waals surface area (Å²) < 4.78 is 14.7. The first-order valence-electron chi connectivity index (χ1n) is 11.9. The van der Waals surface area contributed by atoms with Gasteiger partial charge >= 0.3 is 0 Å². The Morgan fingerprint density at radius 2 is 1.87 bits per heavy atom. The molecule has 3 rings (SSSR count). The summed E-state index contributed by atoms with van der Waals surface area (Å²) in [5.41, 5.74) is 1.49. The van der Waals surface area contributed by atoms with E-state index in [2.05, 4.69) is 36.3 Å². The van der Waals surface area contributed by atoms with Crippen LogP contribution in [0.3, 0.4) is 0 Å². The van der Waals surface area contributed by atoms with Crippen LogP contribution >= 0.6 is 0 Å². The van der Waals surface area contributed by atoms with Crippen LogP contribution in [0.1, 0.15) is 52.0 Å². The Labute approximate surface area is 186 Å². The van der Waals surface area contributed by atoms with Gasteiger partial charge in [0, 0.05) is 45.3 Å². The van der Waals surface area contributed by atoms with Crippen molar-refractivity contribution in [2.45, 2.75) is 65.1 Å². The van der Waals surface area contributed by atoms with Crippen LogP contribution in [0.5, 0.6) is 0 Å². The Balaban J connectivity index is 1.54. The summed E-state index contributed by atoms with van der Waals surface area (Å²) in [6.07, 6.45) is 3.36. The number of aliphatic imine (C=N–C) groups is 1. The number of halogens is 1. The van der Waals surface area contributed by atoms with Crippen LogP contribution in [0.4, 0.5) is 10.1 Å². The number of aliphatic hydroxyl groups is 1. The van der Waals surface area contributed by atoms with E-state index >= 15 is 0 Å². The third-order valence-corrected chi connectivity index (χ3v) is 6.13. The first kappa shape index (κ1) is 23.8. The summed E-state index contributed by atoms with van der Waals surface area (Å²) in [5, 5.41) is 16.6. The predicted molar refractivity (Wildman–Crippen MR) is 126 cm³/mol. The first-order valence-corrected chi connectivity index (χ1v) is 11.9. The maximum absolute atomic E-state index is 14.7. The largest absolute Gasteiger partial charge is 0.393 e. The molecule has 31 heavy (non-hydrogen) atoms. The molecular weight excluding hydrogens is 393 g/mol. The Morgan fingerprint density at radius 3 is 2.48 bits per heavy atom. The molecule has 0 radical (unpaired) electrons. The van der Waals surface area contributed by atoms with Crippen LogP contribution in [0, 0.1) is 11.7 Å².